The second-order valence-corrected chi connectivity index (χ2v) is 7.57. The summed E-state index contributed by atoms with van der Waals surface area (Å²) >= 11 is 1.71. The van der Waals surface area contributed by atoms with Crippen LogP contribution in [-0.2, 0) is 7.05 Å². The Morgan fingerprint density at radius 2 is 2.12 bits per heavy atom. The summed E-state index contributed by atoms with van der Waals surface area (Å²) in [4.78, 5) is 16.0. The fourth-order valence-corrected chi connectivity index (χ4v) is 3.94. The van der Waals surface area contributed by atoms with Gasteiger partial charge in [-0.25, -0.2) is 0 Å². The number of rotatable bonds is 6. The number of nitrogens with zero attached hydrogens (tertiary/aromatic N) is 3. The van der Waals surface area contributed by atoms with Crippen LogP contribution in [0.2, 0.25) is 0 Å². The fraction of sp³-hybridized carbons (Fsp3) is 0.300. The van der Waals surface area contributed by atoms with Crippen LogP contribution >= 0.6 is 11.3 Å². The van der Waals surface area contributed by atoms with Gasteiger partial charge in [-0.05, 0) is 50.2 Å². The Labute approximate surface area is 158 Å². The molecule has 26 heavy (non-hydrogen) atoms. The molecule has 2 aromatic heterocycles. The zero-order chi connectivity index (χ0) is 18.7. The number of nitrogens with one attached hydrogen (secondary N) is 1. The highest BCUT2D eigenvalue weighted by Gasteiger charge is 2.17. The van der Waals surface area contributed by atoms with Crippen molar-refractivity contribution in [1.82, 2.24) is 20.0 Å². The molecule has 0 saturated carbocycles. The van der Waals surface area contributed by atoms with E-state index < -0.39 is 0 Å². The van der Waals surface area contributed by atoms with E-state index in [0.29, 0.717) is 12.1 Å². The van der Waals surface area contributed by atoms with Gasteiger partial charge in [-0.3, -0.25) is 9.48 Å². The average molecular weight is 369 g/mol. The highest BCUT2D eigenvalue weighted by atomic mass is 32.1. The molecule has 0 saturated heterocycles. The first-order valence-corrected chi connectivity index (χ1v) is 9.42. The van der Waals surface area contributed by atoms with Gasteiger partial charge in [0.1, 0.15) is 0 Å². The number of benzene rings is 1. The Hall–Kier alpha value is -2.44. The molecular weight excluding hydrogens is 344 g/mol. The lowest BCUT2D eigenvalue weighted by Crippen LogP contribution is -2.34. The second-order valence-electron chi connectivity index (χ2n) is 6.59. The van der Waals surface area contributed by atoms with Gasteiger partial charge in [0.2, 0.25) is 0 Å². The van der Waals surface area contributed by atoms with Crippen LogP contribution in [0.15, 0.2) is 48.0 Å². The lowest BCUT2D eigenvalue weighted by molar-refractivity contribution is 0.0942. The quantitative estimate of drug-likeness (QED) is 0.725. The Bertz CT molecular complexity index is 883. The van der Waals surface area contributed by atoms with E-state index in [2.05, 4.69) is 26.8 Å². The number of hydrogen-bond acceptors (Lipinski definition) is 4. The summed E-state index contributed by atoms with van der Waals surface area (Å²) in [5, 5.41) is 9.52. The molecule has 6 heteroatoms. The number of amides is 1. The maximum Gasteiger partial charge on any atom is 0.251 e. The molecule has 0 radical (unpaired) electrons. The predicted molar refractivity (Wildman–Crippen MR) is 106 cm³/mol. The Balaban J connectivity index is 1.74. The molecule has 1 aromatic carbocycles. The molecule has 0 unspecified atom stereocenters. The third-order valence-electron chi connectivity index (χ3n) is 4.40. The second kappa shape index (κ2) is 7.85. The van der Waals surface area contributed by atoms with E-state index in [4.69, 9.17) is 0 Å². The number of thiophene rings is 1. The fourth-order valence-electron chi connectivity index (χ4n) is 3.02. The summed E-state index contributed by atoms with van der Waals surface area (Å²) in [5.74, 6) is -0.0585. The Morgan fingerprint density at radius 3 is 2.73 bits per heavy atom. The van der Waals surface area contributed by atoms with Crippen molar-refractivity contribution >= 4 is 17.2 Å². The summed E-state index contributed by atoms with van der Waals surface area (Å²) in [6, 6.07) is 12.0. The normalized spacial score (nSPS) is 12.3. The largest absolute Gasteiger partial charge is 0.350 e. The van der Waals surface area contributed by atoms with Gasteiger partial charge in [0.15, 0.2) is 0 Å². The first kappa shape index (κ1) is 18.4. The summed E-state index contributed by atoms with van der Waals surface area (Å²) in [7, 11) is 5.96. The minimum Gasteiger partial charge on any atom is -0.350 e. The van der Waals surface area contributed by atoms with Gasteiger partial charge in [-0.15, -0.1) is 11.3 Å². The number of carbonyl (C=O) groups excluding carboxylic acids is 1. The van der Waals surface area contributed by atoms with Crippen LogP contribution < -0.4 is 5.32 Å². The molecule has 0 spiro atoms. The number of hydrogen-bond donors (Lipinski definition) is 1. The zero-order valence-electron chi connectivity index (χ0n) is 15.6. The van der Waals surface area contributed by atoms with Gasteiger partial charge in [-0.2, -0.15) is 5.10 Å². The van der Waals surface area contributed by atoms with Crippen molar-refractivity contribution in [3.63, 3.8) is 0 Å². The monoisotopic (exact) mass is 368 g/mol. The number of aryl methyl sites for hydroxylation is 2. The molecule has 3 aromatic rings. The number of likely N-dealkylation sites (N-methyl/N-ethyl adjacent to an activating group) is 1. The first-order chi connectivity index (χ1) is 12.5. The molecule has 0 fully saturated rings. The molecule has 136 valence electrons. The SMILES string of the molecule is Cc1nn(C)cc1-c1cccc(C(=O)NC[C@H](c2cccs2)N(C)C)c1. The molecule has 2 heterocycles. The van der Waals surface area contributed by atoms with Gasteiger partial charge in [0, 0.05) is 35.8 Å². The molecule has 0 aliphatic carbocycles. The Kier molecular flexibility index (Phi) is 5.54. The van der Waals surface area contributed by atoms with Crippen molar-refractivity contribution in [2.75, 3.05) is 20.6 Å². The van der Waals surface area contributed by atoms with Crippen LogP contribution in [0.5, 0.6) is 0 Å². The van der Waals surface area contributed by atoms with Crippen molar-refractivity contribution < 1.29 is 4.79 Å². The maximum absolute atomic E-state index is 12.7. The summed E-state index contributed by atoms with van der Waals surface area (Å²) < 4.78 is 1.79. The molecule has 1 N–H and O–H groups in total. The summed E-state index contributed by atoms with van der Waals surface area (Å²) in [5.41, 5.74) is 3.67. The summed E-state index contributed by atoms with van der Waals surface area (Å²) in [6.45, 7) is 2.55. The molecule has 0 aliphatic rings. The lowest BCUT2D eigenvalue weighted by atomic mass is 10.0. The third-order valence-corrected chi connectivity index (χ3v) is 5.37. The third kappa shape index (κ3) is 4.03. The van der Waals surface area contributed by atoms with Crippen molar-refractivity contribution in [3.05, 3.63) is 64.1 Å². The minimum atomic E-state index is -0.0585. The van der Waals surface area contributed by atoms with Crippen LogP contribution in [0.3, 0.4) is 0 Å². The predicted octanol–water partition coefficient (Wildman–Crippen LogP) is 3.49. The van der Waals surface area contributed by atoms with Crippen LogP contribution in [-0.4, -0.2) is 41.2 Å². The lowest BCUT2D eigenvalue weighted by Gasteiger charge is -2.23. The van der Waals surface area contributed by atoms with Crippen LogP contribution in [0.4, 0.5) is 0 Å². The Morgan fingerprint density at radius 1 is 1.31 bits per heavy atom. The maximum atomic E-state index is 12.7. The van der Waals surface area contributed by atoms with Crippen LogP contribution in [0.1, 0.15) is 27.0 Å². The average Bonchev–Trinajstić information content (AvgIpc) is 3.24. The molecule has 0 aliphatic heterocycles. The van der Waals surface area contributed by atoms with Crippen LogP contribution in [0.25, 0.3) is 11.1 Å². The molecule has 1 amide bonds. The topological polar surface area (TPSA) is 50.2 Å². The van der Waals surface area contributed by atoms with Crippen molar-refractivity contribution in [3.8, 4) is 11.1 Å². The van der Waals surface area contributed by atoms with E-state index in [-0.39, 0.29) is 11.9 Å². The van der Waals surface area contributed by atoms with Crippen LogP contribution in [0, 0.1) is 6.92 Å². The van der Waals surface area contributed by atoms with Gasteiger partial charge in [0.25, 0.3) is 5.91 Å². The van der Waals surface area contributed by atoms with Crippen molar-refractivity contribution in [2.24, 2.45) is 7.05 Å². The van der Waals surface area contributed by atoms with Gasteiger partial charge in [-0.1, -0.05) is 18.2 Å². The summed E-state index contributed by atoms with van der Waals surface area (Å²) in [6.07, 6.45) is 1.98. The molecule has 5 nitrogen and oxygen atoms in total. The molecule has 3 rings (SSSR count). The van der Waals surface area contributed by atoms with E-state index in [1.165, 1.54) is 4.88 Å². The highest BCUT2D eigenvalue weighted by molar-refractivity contribution is 7.10. The first-order valence-electron chi connectivity index (χ1n) is 8.54. The van der Waals surface area contributed by atoms with E-state index in [0.717, 1.165) is 16.8 Å². The van der Waals surface area contributed by atoms with E-state index in [9.17, 15) is 4.79 Å². The highest BCUT2D eigenvalue weighted by Crippen LogP contribution is 2.24. The zero-order valence-corrected chi connectivity index (χ0v) is 16.4. The van der Waals surface area contributed by atoms with Gasteiger partial charge >= 0.3 is 0 Å². The smallest absolute Gasteiger partial charge is 0.251 e. The van der Waals surface area contributed by atoms with E-state index in [1.807, 2.05) is 64.6 Å². The van der Waals surface area contributed by atoms with Gasteiger partial charge < -0.3 is 10.2 Å². The number of aromatic nitrogens is 2. The molecular formula is C20H24N4OS. The van der Waals surface area contributed by atoms with E-state index >= 15 is 0 Å². The number of carbonyl (C=O) groups is 1. The van der Waals surface area contributed by atoms with E-state index in [1.54, 1.807) is 16.0 Å². The molecule has 1 atom stereocenters. The van der Waals surface area contributed by atoms with Gasteiger partial charge in [0.05, 0.1) is 11.7 Å². The van der Waals surface area contributed by atoms with Crippen molar-refractivity contribution in [1.29, 1.82) is 0 Å². The molecule has 0 bridgehead atoms. The minimum absolute atomic E-state index is 0.0585. The standard InChI is InChI=1S/C20H24N4OS/c1-14-17(13-24(4)22-14)15-7-5-8-16(11-15)20(25)21-12-18(23(2)3)19-9-6-10-26-19/h5-11,13,18H,12H2,1-4H3,(H,21,25)/t18-/m1/s1. The van der Waals surface area contributed by atoms with Crippen molar-refractivity contribution in [2.45, 2.75) is 13.0 Å².